The molecule has 0 spiro atoms. The number of rotatable bonds is 2. The molecule has 1 aliphatic carbocycles. The topological polar surface area (TPSA) is 0 Å². The molecule has 0 aromatic carbocycles. The molecule has 1 unspecified atom stereocenters. The first-order valence-electron chi connectivity index (χ1n) is 5.57. The Labute approximate surface area is 82.7 Å². The van der Waals surface area contributed by atoms with Crippen LogP contribution in [0.25, 0.3) is 0 Å². The summed E-state index contributed by atoms with van der Waals surface area (Å²) in [7, 11) is 0. The van der Waals surface area contributed by atoms with E-state index in [-0.39, 0.29) is 0 Å². The fraction of sp³-hybridized carbons (Fsp3) is 0.692. The zero-order valence-electron chi connectivity index (χ0n) is 9.22. The van der Waals surface area contributed by atoms with Gasteiger partial charge in [0.25, 0.3) is 0 Å². The van der Waals surface area contributed by atoms with Gasteiger partial charge in [-0.05, 0) is 37.0 Å². The number of hydrogen-bond acceptors (Lipinski definition) is 0. The molecule has 0 heterocycles. The minimum absolute atomic E-state index is 0.521. The Morgan fingerprint density at radius 3 is 2.46 bits per heavy atom. The third-order valence-electron chi connectivity index (χ3n) is 3.76. The molecule has 0 aromatic heterocycles. The van der Waals surface area contributed by atoms with E-state index in [0.29, 0.717) is 5.41 Å². The first-order chi connectivity index (χ1) is 6.25. The van der Waals surface area contributed by atoms with Gasteiger partial charge in [0.05, 0.1) is 0 Å². The molecule has 0 fully saturated rings. The fourth-order valence-corrected chi connectivity index (χ4v) is 2.35. The van der Waals surface area contributed by atoms with E-state index in [1.165, 1.54) is 19.3 Å². The first-order valence-corrected chi connectivity index (χ1v) is 5.57. The van der Waals surface area contributed by atoms with Crippen molar-refractivity contribution in [1.29, 1.82) is 0 Å². The molecular weight excluding hydrogens is 156 g/mol. The summed E-state index contributed by atoms with van der Waals surface area (Å²) in [6.45, 7) is 7.01. The van der Waals surface area contributed by atoms with Gasteiger partial charge in [-0.25, -0.2) is 0 Å². The molecule has 0 radical (unpaired) electrons. The van der Waals surface area contributed by atoms with Gasteiger partial charge < -0.3 is 0 Å². The highest BCUT2D eigenvalue weighted by Gasteiger charge is 2.29. The van der Waals surface area contributed by atoms with E-state index in [1.54, 1.807) is 0 Å². The Bertz CT molecular complexity index is 194. The van der Waals surface area contributed by atoms with Crippen molar-refractivity contribution in [2.24, 2.45) is 11.3 Å². The van der Waals surface area contributed by atoms with E-state index in [0.717, 1.165) is 12.3 Å². The van der Waals surface area contributed by atoms with Crippen molar-refractivity contribution in [3.05, 3.63) is 24.3 Å². The van der Waals surface area contributed by atoms with Crippen LogP contribution in [0.2, 0.25) is 0 Å². The molecule has 1 aliphatic rings. The van der Waals surface area contributed by atoms with Crippen LogP contribution in [0, 0.1) is 11.3 Å². The summed E-state index contributed by atoms with van der Waals surface area (Å²) >= 11 is 0. The van der Waals surface area contributed by atoms with Crippen LogP contribution < -0.4 is 0 Å². The summed E-state index contributed by atoms with van der Waals surface area (Å²) in [4.78, 5) is 0. The van der Waals surface area contributed by atoms with Crippen molar-refractivity contribution in [3.8, 4) is 0 Å². The highest BCUT2D eigenvalue weighted by Crippen LogP contribution is 2.40. The second kappa shape index (κ2) is 4.64. The van der Waals surface area contributed by atoms with Gasteiger partial charge in [0, 0.05) is 0 Å². The summed E-state index contributed by atoms with van der Waals surface area (Å²) in [6, 6.07) is 0. The van der Waals surface area contributed by atoms with E-state index in [4.69, 9.17) is 0 Å². The van der Waals surface area contributed by atoms with Crippen LogP contribution in [-0.2, 0) is 0 Å². The molecule has 74 valence electrons. The van der Waals surface area contributed by atoms with Crippen molar-refractivity contribution < 1.29 is 0 Å². The Balaban J connectivity index is 2.83. The highest BCUT2D eigenvalue weighted by atomic mass is 14.3. The predicted octanol–water partition coefficient (Wildman–Crippen LogP) is 4.34. The zero-order valence-corrected chi connectivity index (χ0v) is 9.22. The molecule has 0 aromatic rings. The molecule has 0 nitrogen and oxygen atoms in total. The molecule has 1 atom stereocenters. The predicted molar refractivity (Wildman–Crippen MR) is 59.7 cm³/mol. The van der Waals surface area contributed by atoms with Gasteiger partial charge in [0.2, 0.25) is 0 Å². The van der Waals surface area contributed by atoms with E-state index in [1.807, 2.05) is 0 Å². The van der Waals surface area contributed by atoms with E-state index in [2.05, 4.69) is 45.1 Å². The molecule has 0 saturated heterocycles. The fourth-order valence-electron chi connectivity index (χ4n) is 2.35. The maximum Gasteiger partial charge on any atom is -0.0169 e. The van der Waals surface area contributed by atoms with E-state index in [9.17, 15) is 0 Å². The van der Waals surface area contributed by atoms with Crippen molar-refractivity contribution >= 4 is 0 Å². The monoisotopic (exact) mass is 178 g/mol. The van der Waals surface area contributed by atoms with Crippen molar-refractivity contribution in [3.63, 3.8) is 0 Å². The Hall–Kier alpha value is -0.520. The van der Waals surface area contributed by atoms with Crippen LogP contribution in [0.5, 0.6) is 0 Å². The van der Waals surface area contributed by atoms with Gasteiger partial charge >= 0.3 is 0 Å². The minimum Gasteiger partial charge on any atom is -0.0877 e. The lowest BCUT2D eigenvalue weighted by atomic mass is 9.69. The highest BCUT2D eigenvalue weighted by molar-refractivity contribution is 5.05. The lowest BCUT2D eigenvalue weighted by Crippen LogP contribution is -2.26. The quantitative estimate of drug-likeness (QED) is 0.552. The van der Waals surface area contributed by atoms with Crippen LogP contribution >= 0.6 is 0 Å². The molecule has 0 saturated carbocycles. The molecule has 0 heteroatoms. The molecule has 13 heavy (non-hydrogen) atoms. The lowest BCUT2D eigenvalue weighted by molar-refractivity contribution is 0.194. The van der Waals surface area contributed by atoms with Gasteiger partial charge in [0.15, 0.2) is 0 Å². The molecular formula is C13H22. The third-order valence-corrected chi connectivity index (χ3v) is 3.76. The Morgan fingerprint density at radius 2 is 1.85 bits per heavy atom. The van der Waals surface area contributed by atoms with Gasteiger partial charge in [-0.1, -0.05) is 45.1 Å². The first kappa shape index (κ1) is 10.6. The van der Waals surface area contributed by atoms with Crippen LogP contribution in [0.3, 0.4) is 0 Å². The van der Waals surface area contributed by atoms with Gasteiger partial charge in [-0.3, -0.25) is 0 Å². The van der Waals surface area contributed by atoms with E-state index < -0.39 is 0 Å². The third kappa shape index (κ3) is 2.24. The number of allylic oxidation sites excluding steroid dienone is 4. The second-order valence-corrected chi connectivity index (χ2v) is 4.20. The minimum atomic E-state index is 0.521. The van der Waals surface area contributed by atoms with Crippen LogP contribution in [0.4, 0.5) is 0 Å². The normalized spacial score (nSPS) is 31.8. The van der Waals surface area contributed by atoms with Crippen LogP contribution in [0.15, 0.2) is 24.3 Å². The largest absolute Gasteiger partial charge is 0.0877 e. The van der Waals surface area contributed by atoms with Crippen molar-refractivity contribution in [2.75, 3.05) is 0 Å². The Kier molecular flexibility index (Phi) is 3.77. The maximum absolute atomic E-state index is 2.40. The maximum atomic E-state index is 2.40. The summed E-state index contributed by atoms with van der Waals surface area (Å²) in [5.74, 6) is 0.729. The summed E-state index contributed by atoms with van der Waals surface area (Å²) in [5, 5.41) is 0. The smallest absolute Gasteiger partial charge is 0.0169 e. The zero-order chi connectivity index (χ0) is 9.73. The van der Waals surface area contributed by atoms with Gasteiger partial charge in [0.1, 0.15) is 0 Å². The van der Waals surface area contributed by atoms with Crippen molar-refractivity contribution in [2.45, 2.75) is 46.5 Å². The standard InChI is InChI=1S/C13H22/c1-4-13(5-2)11-9-7-6-8-10-12(13)3/h7-10,12H,4-6,11H2,1-3H3/b9-7+,10-8+. The average Bonchev–Trinajstić information content (AvgIpc) is 2.14. The van der Waals surface area contributed by atoms with Crippen LogP contribution in [0.1, 0.15) is 46.5 Å². The molecule has 0 bridgehead atoms. The van der Waals surface area contributed by atoms with Gasteiger partial charge in [-0.15, -0.1) is 0 Å². The molecule has 1 rings (SSSR count). The van der Waals surface area contributed by atoms with E-state index >= 15 is 0 Å². The summed E-state index contributed by atoms with van der Waals surface area (Å²) in [5.41, 5.74) is 0.521. The van der Waals surface area contributed by atoms with Crippen molar-refractivity contribution in [1.82, 2.24) is 0 Å². The van der Waals surface area contributed by atoms with Gasteiger partial charge in [-0.2, -0.15) is 0 Å². The SMILES string of the molecule is CCC1(CC)C/C=C/C/C=C/C1C. The summed E-state index contributed by atoms with van der Waals surface area (Å²) < 4.78 is 0. The molecule has 0 N–H and O–H groups in total. The van der Waals surface area contributed by atoms with Crippen LogP contribution in [-0.4, -0.2) is 0 Å². The summed E-state index contributed by atoms with van der Waals surface area (Å²) in [6.07, 6.45) is 14.3. The average molecular weight is 178 g/mol. The molecule has 0 aliphatic heterocycles. The number of hydrogen-bond donors (Lipinski definition) is 0. The lowest BCUT2D eigenvalue weighted by Gasteiger charge is -2.36. The second-order valence-electron chi connectivity index (χ2n) is 4.20. The molecule has 0 amide bonds. The Morgan fingerprint density at radius 1 is 1.15 bits per heavy atom.